The van der Waals surface area contributed by atoms with Gasteiger partial charge in [-0.2, -0.15) is 0 Å². The number of benzene rings is 1. The Balaban J connectivity index is 2.33. The highest BCUT2D eigenvalue weighted by Crippen LogP contribution is 2.14. The Labute approximate surface area is 117 Å². The normalized spacial score (nSPS) is 12.2. The summed E-state index contributed by atoms with van der Waals surface area (Å²) in [4.78, 5) is 11.2. The van der Waals surface area contributed by atoms with E-state index in [1.165, 1.54) is 18.2 Å². The summed E-state index contributed by atoms with van der Waals surface area (Å²) in [5, 5.41) is 0. The van der Waals surface area contributed by atoms with Gasteiger partial charge >= 0.3 is 5.97 Å². The van der Waals surface area contributed by atoms with Crippen LogP contribution in [0.5, 0.6) is 0 Å². The van der Waals surface area contributed by atoms with E-state index in [1.807, 2.05) is 0 Å². The molecule has 0 aliphatic rings. The molecule has 0 heterocycles. The van der Waals surface area contributed by atoms with Crippen molar-refractivity contribution in [3.8, 4) is 0 Å². The second-order valence-corrected chi connectivity index (χ2v) is 5.56. The Morgan fingerprint density at radius 2 is 1.88 bits per heavy atom. The van der Waals surface area contributed by atoms with Gasteiger partial charge in [0.15, 0.2) is 0 Å². The van der Waals surface area contributed by atoms with Crippen LogP contribution in [0.1, 0.15) is 30.9 Å². The first kappa shape index (κ1) is 14.5. The number of aryl methyl sites for hydroxylation is 2. The summed E-state index contributed by atoms with van der Waals surface area (Å²) < 4.78 is 4.68. The van der Waals surface area contributed by atoms with Gasteiger partial charge in [0.1, 0.15) is 3.92 Å². The van der Waals surface area contributed by atoms with Gasteiger partial charge in [0, 0.05) is 0 Å². The zero-order chi connectivity index (χ0) is 12.7. The van der Waals surface area contributed by atoms with Crippen molar-refractivity contribution in [1.82, 2.24) is 0 Å². The fourth-order valence-electron chi connectivity index (χ4n) is 1.67. The van der Waals surface area contributed by atoms with Gasteiger partial charge in [-0.25, -0.2) is 0 Å². The first-order chi connectivity index (χ1) is 8.17. The van der Waals surface area contributed by atoms with Crippen molar-refractivity contribution in [2.24, 2.45) is 0 Å². The summed E-state index contributed by atoms with van der Waals surface area (Å²) in [6.45, 7) is 2.16. The van der Waals surface area contributed by atoms with Gasteiger partial charge in [-0.3, -0.25) is 4.79 Å². The van der Waals surface area contributed by atoms with E-state index in [4.69, 9.17) is 4.74 Å². The predicted octanol–water partition coefficient (Wildman–Crippen LogP) is 3.55. The Bertz CT molecular complexity index is 346. The Kier molecular flexibility index (Phi) is 6.55. The van der Waals surface area contributed by atoms with Crippen LogP contribution in [0.3, 0.4) is 0 Å². The molecule has 17 heavy (non-hydrogen) atoms. The summed E-state index contributed by atoms with van der Waals surface area (Å²) in [5.41, 5.74) is 2.71. The third-order valence-electron chi connectivity index (χ3n) is 2.81. The fraction of sp³-hybridized carbons (Fsp3) is 0.500. The highest BCUT2D eigenvalue weighted by Gasteiger charge is 2.13. The minimum absolute atomic E-state index is 0.0208. The predicted molar refractivity (Wildman–Crippen MR) is 78.6 cm³/mol. The maximum absolute atomic E-state index is 11.2. The van der Waals surface area contributed by atoms with Crippen molar-refractivity contribution < 1.29 is 9.53 Å². The van der Waals surface area contributed by atoms with E-state index in [9.17, 15) is 4.79 Å². The van der Waals surface area contributed by atoms with Crippen LogP contribution in [0.25, 0.3) is 0 Å². The number of rotatable bonds is 6. The van der Waals surface area contributed by atoms with E-state index in [1.54, 1.807) is 0 Å². The zero-order valence-electron chi connectivity index (χ0n) is 10.4. The molecule has 0 aliphatic heterocycles. The molecule has 0 amide bonds. The lowest BCUT2D eigenvalue weighted by Gasteiger charge is -2.07. The molecule has 1 aromatic rings. The first-order valence-electron chi connectivity index (χ1n) is 5.97. The summed E-state index contributed by atoms with van der Waals surface area (Å²) >= 11 is 2.15. The van der Waals surface area contributed by atoms with Gasteiger partial charge in [0.05, 0.1) is 7.11 Å². The van der Waals surface area contributed by atoms with E-state index in [0.29, 0.717) is 0 Å². The fourth-order valence-corrected chi connectivity index (χ4v) is 2.37. The number of halogens is 1. The number of carbonyl (C=O) groups excluding carboxylic acids is 1. The number of esters is 1. The molecule has 0 radical (unpaired) electrons. The summed E-state index contributed by atoms with van der Waals surface area (Å²) in [7, 11) is 1.44. The number of alkyl halides is 1. The minimum atomic E-state index is -0.119. The quantitative estimate of drug-likeness (QED) is 0.447. The highest BCUT2D eigenvalue weighted by molar-refractivity contribution is 14.1. The van der Waals surface area contributed by atoms with Crippen molar-refractivity contribution in [2.75, 3.05) is 7.11 Å². The van der Waals surface area contributed by atoms with Crippen LogP contribution in [0, 0.1) is 0 Å². The summed E-state index contributed by atoms with van der Waals surface area (Å²) in [6.07, 6.45) is 4.01. The van der Waals surface area contributed by atoms with Crippen molar-refractivity contribution in [1.29, 1.82) is 0 Å². The maximum atomic E-state index is 11.2. The topological polar surface area (TPSA) is 26.3 Å². The second-order valence-electron chi connectivity index (χ2n) is 4.05. The van der Waals surface area contributed by atoms with Gasteiger partial charge in [-0.1, -0.05) is 53.8 Å². The molecule has 0 fully saturated rings. The van der Waals surface area contributed by atoms with Crippen LogP contribution < -0.4 is 0 Å². The molecule has 1 unspecified atom stereocenters. The molecule has 3 heteroatoms. The van der Waals surface area contributed by atoms with Crippen molar-refractivity contribution in [3.63, 3.8) is 0 Å². The van der Waals surface area contributed by atoms with Crippen LogP contribution in [0.15, 0.2) is 24.3 Å². The Morgan fingerprint density at radius 3 is 2.41 bits per heavy atom. The van der Waals surface area contributed by atoms with E-state index in [-0.39, 0.29) is 9.89 Å². The molecule has 1 aromatic carbocycles. The van der Waals surface area contributed by atoms with Crippen LogP contribution in [-0.2, 0) is 22.4 Å². The standard InChI is InChI=1S/C14H19IO2/c1-3-11-7-9-12(10-8-11)5-4-6-13(15)14(16)17-2/h7-10,13H,3-6H2,1-2H3. The molecule has 0 aromatic heterocycles. The van der Waals surface area contributed by atoms with Crippen molar-refractivity contribution >= 4 is 28.6 Å². The Morgan fingerprint density at radius 1 is 1.29 bits per heavy atom. The molecule has 0 bridgehead atoms. The van der Waals surface area contributed by atoms with E-state index in [2.05, 4.69) is 53.8 Å². The Hall–Kier alpha value is -0.580. The van der Waals surface area contributed by atoms with Crippen LogP contribution in [0.2, 0.25) is 0 Å². The van der Waals surface area contributed by atoms with Crippen LogP contribution >= 0.6 is 22.6 Å². The molecule has 94 valence electrons. The van der Waals surface area contributed by atoms with Gasteiger partial charge < -0.3 is 4.74 Å². The van der Waals surface area contributed by atoms with Gasteiger partial charge in [0.25, 0.3) is 0 Å². The van der Waals surface area contributed by atoms with E-state index in [0.717, 1.165) is 25.7 Å². The van der Waals surface area contributed by atoms with Gasteiger partial charge in [-0.05, 0) is 36.8 Å². The zero-order valence-corrected chi connectivity index (χ0v) is 12.6. The SMILES string of the molecule is CCc1ccc(CCCC(I)C(=O)OC)cc1. The maximum Gasteiger partial charge on any atom is 0.318 e. The summed E-state index contributed by atoms with van der Waals surface area (Å²) in [5.74, 6) is -0.119. The number of hydrogen-bond acceptors (Lipinski definition) is 2. The molecular formula is C14H19IO2. The third-order valence-corrected chi connectivity index (χ3v) is 3.94. The molecular weight excluding hydrogens is 327 g/mol. The van der Waals surface area contributed by atoms with Crippen molar-refractivity contribution in [2.45, 2.75) is 36.5 Å². The monoisotopic (exact) mass is 346 g/mol. The van der Waals surface area contributed by atoms with E-state index >= 15 is 0 Å². The van der Waals surface area contributed by atoms with Gasteiger partial charge in [0.2, 0.25) is 0 Å². The van der Waals surface area contributed by atoms with E-state index < -0.39 is 0 Å². The average molecular weight is 346 g/mol. The second kappa shape index (κ2) is 7.69. The molecule has 0 saturated heterocycles. The molecule has 1 atom stereocenters. The lowest BCUT2D eigenvalue weighted by Crippen LogP contribution is -2.15. The molecule has 1 rings (SSSR count). The van der Waals surface area contributed by atoms with Crippen LogP contribution in [0.4, 0.5) is 0 Å². The largest absolute Gasteiger partial charge is 0.468 e. The number of ether oxygens (including phenoxy) is 1. The molecule has 0 aliphatic carbocycles. The van der Waals surface area contributed by atoms with Crippen LogP contribution in [-0.4, -0.2) is 17.0 Å². The smallest absolute Gasteiger partial charge is 0.318 e. The molecule has 0 saturated carbocycles. The number of hydrogen-bond donors (Lipinski definition) is 0. The highest BCUT2D eigenvalue weighted by atomic mass is 127. The van der Waals surface area contributed by atoms with Gasteiger partial charge in [-0.15, -0.1) is 0 Å². The first-order valence-corrected chi connectivity index (χ1v) is 7.21. The third kappa shape index (κ3) is 5.06. The lowest BCUT2D eigenvalue weighted by atomic mass is 10.0. The minimum Gasteiger partial charge on any atom is -0.468 e. The summed E-state index contributed by atoms with van der Waals surface area (Å²) in [6, 6.07) is 8.71. The lowest BCUT2D eigenvalue weighted by molar-refractivity contribution is -0.139. The number of methoxy groups -OCH3 is 1. The number of carbonyl (C=O) groups is 1. The average Bonchev–Trinajstić information content (AvgIpc) is 2.38. The molecule has 2 nitrogen and oxygen atoms in total. The van der Waals surface area contributed by atoms with Crippen molar-refractivity contribution in [3.05, 3.63) is 35.4 Å². The molecule has 0 N–H and O–H groups in total. The molecule has 0 spiro atoms.